The normalized spacial score (nSPS) is 15.8. The molecule has 1 heterocycles. The molecule has 0 bridgehead atoms. The molecule has 0 saturated heterocycles. The predicted octanol–water partition coefficient (Wildman–Crippen LogP) is 2.08. The maximum Gasteiger partial charge on any atom is 0.316 e. The van der Waals surface area contributed by atoms with E-state index in [1.165, 1.54) is 0 Å². The Morgan fingerprint density at radius 3 is 2.60 bits per heavy atom. The zero-order chi connectivity index (χ0) is 13.3. The summed E-state index contributed by atoms with van der Waals surface area (Å²) in [7, 11) is 0. The van der Waals surface area contributed by atoms with Gasteiger partial charge in [-0.05, 0) is 31.4 Å². The molecule has 0 aliphatic heterocycles. The third kappa shape index (κ3) is 2.66. The molecule has 106 valence electrons. The highest BCUT2D eigenvalue weighted by Gasteiger charge is 2.39. The Labute approximate surface area is 122 Å². The van der Waals surface area contributed by atoms with E-state index in [1.54, 1.807) is 12.1 Å². The van der Waals surface area contributed by atoms with Crippen LogP contribution in [0.25, 0.3) is 0 Å². The summed E-state index contributed by atoms with van der Waals surface area (Å²) in [5.74, 6) is -0.0691. The van der Waals surface area contributed by atoms with Gasteiger partial charge in [0.05, 0.1) is 5.54 Å². The Kier molecular flexibility index (Phi) is 4.06. The van der Waals surface area contributed by atoms with Crippen LogP contribution in [0.2, 0.25) is 0 Å². The monoisotopic (exact) mass is 294 g/mol. The number of hydrogen-bond donors (Lipinski definition) is 2. The standard InChI is InChI=1S/C13H14N4O2.ClH/c14-13(7-4-8-13)12-16-11(19-17-12)10(18)15-9-5-2-1-3-6-9;/h1-3,5-6H,4,7-8,14H2,(H,15,18);1H. The summed E-state index contributed by atoms with van der Waals surface area (Å²) >= 11 is 0. The smallest absolute Gasteiger partial charge is 0.316 e. The molecule has 1 amide bonds. The number of hydrogen-bond acceptors (Lipinski definition) is 5. The minimum absolute atomic E-state index is 0. The molecule has 20 heavy (non-hydrogen) atoms. The molecule has 0 atom stereocenters. The maximum absolute atomic E-state index is 11.9. The fraction of sp³-hybridized carbons (Fsp3) is 0.308. The Balaban J connectivity index is 0.00000147. The molecule has 1 aliphatic carbocycles. The van der Waals surface area contributed by atoms with Crippen molar-refractivity contribution in [2.75, 3.05) is 5.32 Å². The van der Waals surface area contributed by atoms with Crippen LogP contribution in [0.5, 0.6) is 0 Å². The van der Waals surface area contributed by atoms with E-state index in [4.69, 9.17) is 10.3 Å². The number of amides is 1. The lowest BCUT2D eigenvalue weighted by Crippen LogP contribution is -2.44. The SMILES string of the molecule is Cl.NC1(c2noc(C(=O)Nc3ccccc3)n2)CCC1. The second-order valence-corrected chi connectivity index (χ2v) is 4.75. The van der Waals surface area contributed by atoms with Crippen LogP contribution in [0.15, 0.2) is 34.9 Å². The average Bonchev–Trinajstić information content (AvgIpc) is 2.87. The van der Waals surface area contributed by atoms with E-state index in [-0.39, 0.29) is 18.3 Å². The molecule has 2 aromatic rings. The Hall–Kier alpha value is -1.92. The minimum Gasteiger partial charge on any atom is -0.328 e. The van der Waals surface area contributed by atoms with Crippen molar-refractivity contribution in [2.24, 2.45) is 5.73 Å². The summed E-state index contributed by atoms with van der Waals surface area (Å²) in [4.78, 5) is 16.0. The van der Waals surface area contributed by atoms with E-state index in [1.807, 2.05) is 18.2 Å². The zero-order valence-corrected chi connectivity index (χ0v) is 11.5. The van der Waals surface area contributed by atoms with E-state index in [9.17, 15) is 4.79 Å². The van der Waals surface area contributed by atoms with Crippen LogP contribution in [0.1, 0.15) is 35.8 Å². The van der Waals surface area contributed by atoms with E-state index in [0.29, 0.717) is 11.5 Å². The van der Waals surface area contributed by atoms with Crippen molar-refractivity contribution in [1.82, 2.24) is 10.1 Å². The van der Waals surface area contributed by atoms with Crippen LogP contribution in [-0.2, 0) is 5.54 Å². The zero-order valence-electron chi connectivity index (χ0n) is 10.7. The minimum atomic E-state index is -0.519. The average molecular weight is 295 g/mol. The number of carbonyl (C=O) groups excluding carboxylic acids is 1. The number of nitrogens with two attached hydrogens (primary N) is 1. The lowest BCUT2D eigenvalue weighted by atomic mass is 9.77. The first-order chi connectivity index (χ1) is 9.17. The summed E-state index contributed by atoms with van der Waals surface area (Å²) in [5.41, 5.74) is 6.23. The van der Waals surface area contributed by atoms with Gasteiger partial charge in [-0.25, -0.2) is 0 Å². The molecule has 1 aromatic heterocycles. The lowest BCUT2D eigenvalue weighted by molar-refractivity contribution is 0.0981. The van der Waals surface area contributed by atoms with Crippen molar-refractivity contribution < 1.29 is 9.32 Å². The molecule has 6 nitrogen and oxygen atoms in total. The van der Waals surface area contributed by atoms with Gasteiger partial charge in [0, 0.05) is 5.69 Å². The largest absolute Gasteiger partial charge is 0.328 e. The summed E-state index contributed by atoms with van der Waals surface area (Å²) < 4.78 is 4.97. The van der Waals surface area contributed by atoms with Crippen LogP contribution in [0, 0.1) is 0 Å². The van der Waals surface area contributed by atoms with Crippen molar-refractivity contribution >= 4 is 24.0 Å². The Morgan fingerprint density at radius 2 is 2.00 bits per heavy atom. The number of para-hydroxylation sites is 1. The van der Waals surface area contributed by atoms with Gasteiger partial charge in [-0.15, -0.1) is 12.4 Å². The van der Waals surface area contributed by atoms with Gasteiger partial charge in [-0.2, -0.15) is 4.98 Å². The summed E-state index contributed by atoms with van der Waals surface area (Å²) in [6.45, 7) is 0. The number of benzene rings is 1. The third-order valence-corrected chi connectivity index (χ3v) is 3.34. The Morgan fingerprint density at radius 1 is 1.30 bits per heavy atom. The van der Waals surface area contributed by atoms with Crippen LogP contribution in [-0.4, -0.2) is 16.0 Å². The highest BCUT2D eigenvalue weighted by atomic mass is 35.5. The molecule has 1 saturated carbocycles. The molecule has 3 N–H and O–H groups in total. The quantitative estimate of drug-likeness (QED) is 0.904. The van der Waals surface area contributed by atoms with Gasteiger partial charge in [-0.3, -0.25) is 4.79 Å². The third-order valence-electron chi connectivity index (χ3n) is 3.34. The molecule has 0 unspecified atom stereocenters. The number of nitrogens with one attached hydrogen (secondary N) is 1. The van der Waals surface area contributed by atoms with Crippen LogP contribution in [0.4, 0.5) is 5.69 Å². The first kappa shape index (κ1) is 14.5. The molecule has 3 rings (SSSR count). The summed E-state index contributed by atoms with van der Waals surface area (Å²) in [5, 5.41) is 6.48. The van der Waals surface area contributed by atoms with Gasteiger partial charge in [0.1, 0.15) is 0 Å². The molecule has 1 aromatic carbocycles. The van der Waals surface area contributed by atoms with Crippen molar-refractivity contribution in [1.29, 1.82) is 0 Å². The van der Waals surface area contributed by atoms with Crippen LogP contribution >= 0.6 is 12.4 Å². The number of rotatable bonds is 3. The van der Waals surface area contributed by atoms with Crippen molar-refractivity contribution in [2.45, 2.75) is 24.8 Å². The van der Waals surface area contributed by atoms with Gasteiger partial charge in [0.25, 0.3) is 0 Å². The van der Waals surface area contributed by atoms with Gasteiger partial charge in [-0.1, -0.05) is 23.4 Å². The van der Waals surface area contributed by atoms with Crippen molar-refractivity contribution in [3.05, 3.63) is 42.0 Å². The van der Waals surface area contributed by atoms with E-state index >= 15 is 0 Å². The number of carbonyl (C=O) groups is 1. The molecule has 0 spiro atoms. The van der Waals surface area contributed by atoms with Crippen molar-refractivity contribution in [3.8, 4) is 0 Å². The first-order valence-corrected chi connectivity index (χ1v) is 6.17. The van der Waals surface area contributed by atoms with Crippen LogP contribution in [0.3, 0.4) is 0 Å². The fourth-order valence-corrected chi connectivity index (χ4v) is 2.01. The highest BCUT2D eigenvalue weighted by Crippen LogP contribution is 2.36. The number of anilines is 1. The summed E-state index contributed by atoms with van der Waals surface area (Å²) in [6, 6.07) is 9.10. The maximum atomic E-state index is 11.9. The van der Waals surface area contributed by atoms with Gasteiger partial charge >= 0.3 is 11.8 Å². The van der Waals surface area contributed by atoms with E-state index in [0.717, 1.165) is 19.3 Å². The lowest BCUT2D eigenvalue weighted by Gasteiger charge is -2.34. The molecule has 7 heteroatoms. The van der Waals surface area contributed by atoms with Crippen LogP contribution < -0.4 is 11.1 Å². The first-order valence-electron chi connectivity index (χ1n) is 6.17. The Bertz CT molecular complexity index is 595. The highest BCUT2D eigenvalue weighted by molar-refractivity contribution is 6.00. The molecular weight excluding hydrogens is 280 g/mol. The predicted molar refractivity (Wildman–Crippen MR) is 75.7 cm³/mol. The van der Waals surface area contributed by atoms with Crippen molar-refractivity contribution in [3.63, 3.8) is 0 Å². The molecular formula is C13H15ClN4O2. The van der Waals surface area contributed by atoms with Gasteiger partial charge in [0.2, 0.25) is 0 Å². The number of halogens is 1. The topological polar surface area (TPSA) is 94.0 Å². The second kappa shape index (κ2) is 5.60. The second-order valence-electron chi connectivity index (χ2n) is 4.75. The van der Waals surface area contributed by atoms with Gasteiger partial charge in [0.15, 0.2) is 5.82 Å². The molecule has 1 aliphatic rings. The molecule has 0 radical (unpaired) electrons. The van der Waals surface area contributed by atoms with Gasteiger partial charge < -0.3 is 15.6 Å². The number of aromatic nitrogens is 2. The van der Waals surface area contributed by atoms with E-state index in [2.05, 4.69) is 15.5 Å². The molecule has 1 fully saturated rings. The summed E-state index contributed by atoms with van der Waals surface area (Å²) in [6.07, 6.45) is 2.70. The van der Waals surface area contributed by atoms with E-state index < -0.39 is 11.4 Å². The fourth-order valence-electron chi connectivity index (χ4n) is 2.01. The number of nitrogens with zero attached hydrogens (tertiary/aromatic N) is 2.